The maximum absolute atomic E-state index is 13.5. The van der Waals surface area contributed by atoms with Crippen LogP contribution in [0.15, 0.2) is 42.0 Å². The van der Waals surface area contributed by atoms with E-state index in [9.17, 15) is 19.8 Å². The molecule has 2 aliphatic rings. The number of likely N-dealkylation sites (tertiary alicyclic amines) is 1. The van der Waals surface area contributed by atoms with E-state index in [0.29, 0.717) is 61.3 Å². The molecule has 0 aliphatic carbocycles. The zero-order valence-corrected chi connectivity index (χ0v) is 23.1. The number of ether oxygens (including phenoxy) is 3. The van der Waals surface area contributed by atoms with E-state index in [1.54, 1.807) is 31.2 Å². The molecule has 2 aliphatic heterocycles. The van der Waals surface area contributed by atoms with Crippen molar-refractivity contribution in [3.05, 3.63) is 58.7 Å². The number of hydrogen-bond donors (Lipinski definition) is 2. The van der Waals surface area contributed by atoms with Crippen molar-refractivity contribution < 1.29 is 34.0 Å². The summed E-state index contributed by atoms with van der Waals surface area (Å²) in [6.07, 6.45) is 0. The summed E-state index contributed by atoms with van der Waals surface area (Å²) >= 11 is 0. The molecular weight excluding hydrogens is 500 g/mol. The normalized spacial score (nSPS) is 19.6. The van der Waals surface area contributed by atoms with E-state index in [4.69, 9.17) is 14.2 Å². The van der Waals surface area contributed by atoms with Crippen LogP contribution in [0.25, 0.3) is 5.76 Å². The first-order valence-corrected chi connectivity index (χ1v) is 13.5. The fraction of sp³-hybridized carbons (Fsp3) is 0.467. The maximum Gasteiger partial charge on any atom is 0.295 e. The second-order valence-corrected chi connectivity index (χ2v) is 10.3. The average Bonchev–Trinajstić information content (AvgIpc) is 3.17. The molecule has 2 aromatic rings. The molecule has 2 fully saturated rings. The Morgan fingerprint density at radius 1 is 1.08 bits per heavy atom. The molecule has 9 heteroatoms. The number of amides is 1. The Morgan fingerprint density at radius 3 is 2.49 bits per heavy atom. The van der Waals surface area contributed by atoms with Crippen LogP contribution in [0.3, 0.4) is 0 Å². The molecule has 4 rings (SSSR count). The van der Waals surface area contributed by atoms with Gasteiger partial charge in [0.2, 0.25) is 0 Å². The molecule has 1 unspecified atom stereocenters. The molecule has 2 aromatic carbocycles. The van der Waals surface area contributed by atoms with Gasteiger partial charge >= 0.3 is 0 Å². The van der Waals surface area contributed by atoms with Crippen LogP contribution in [0.4, 0.5) is 0 Å². The number of hydrogen-bond acceptors (Lipinski definition) is 8. The van der Waals surface area contributed by atoms with Gasteiger partial charge in [-0.05, 0) is 61.2 Å². The number of rotatable bonds is 10. The summed E-state index contributed by atoms with van der Waals surface area (Å²) in [6.45, 7) is 12.2. The van der Waals surface area contributed by atoms with Gasteiger partial charge in [-0.3, -0.25) is 14.5 Å². The fourth-order valence-corrected chi connectivity index (χ4v) is 4.90. The fourth-order valence-electron chi connectivity index (χ4n) is 4.90. The van der Waals surface area contributed by atoms with Gasteiger partial charge in [0.15, 0.2) is 11.5 Å². The average molecular weight is 539 g/mol. The van der Waals surface area contributed by atoms with Gasteiger partial charge in [0.1, 0.15) is 11.5 Å². The van der Waals surface area contributed by atoms with Crippen molar-refractivity contribution in [1.29, 1.82) is 0 Å². The summed E-state index contributed by atoms with van der Waals surface area (Å²) in [5.41, 5.74) is 1.74. The van der Waals surface area contributed by atoms with Crippen LogP contribution >= 0.6 is 0 Å². The molecule has 0 saturated carbocycles. The molecule has 210 valence electrons. The van der Waals surface area contributed by atoms with Gasteiger partial charge in [-0.15, -0.1) is 0 Å². The number of aromatic hydroxyl groups is 1. The molecule has 0 bridgehead atoms. The van der Waals surface area contributed by atoms with Crippen LogP contribution in [0.2, 0.25) is 0 Å². The molecule has 1 amide bonds. The van der Waals surface area contributed by atoms with E-state index in [-0.39, 0.29) is 29.4 Å². The Kier molecular flexibility index (Phi) is 9.14. The summed E-state index contributed by atoms with van der Waals surface area (Å²) in [5, 5.41) is 21.8. The summed E-state index contributed by atoms with van der Waals surface area (Å²) < 4.78 is 16.8. The monoisotopic (exact) mass is 538 g/mol. The highest BCUT2D eigenvalue weighted by molar-refractivity contribution is 6.46. The Bertz CT molecular complexity index is 1230. The van der Waals surface area contributed by atoms with Crippen LogP contribution in [0, 0.1) is 12.8 Å². The molecule has 0 aromatic heterocycles. The van der Waals surface area contributed by atoms with Gasteiger partial charge in [-0.2, -0.15) is 0 Å². The van der Waals surface area contributed by atoms with Crippen molar-refractivity contribution in [2.75, 3.05) is 52.6 Å². The highest BCUT2D eigenvalue weighted by atomic mass is 16.5. The Hall–Kier alpha value is -3.56. The van der Waals surface area contributed by atoms with E-state index < -0.39 is 17.7 Å². The van der Waals surface area contributed by atoms with Gasteiger partial charge in [0.05, 0.1) is 38.0 Å². The largest absolute Gasteiger partial charge is 0.507 e. The molecule has 0 spiro atoms. The first-order valence-electron chi connectivity index (χ1n) is 13.5. The third kappa shape index (κ3) is 6.37. The van der Waals surface area contributed by atoms with Crippen LogP contribution < -0.4 is 9.47 Å². The van der Waals surface area contributed by atoms with Gasteiger partial charge in [0, 0.05) is 31.7 Å². The van der Waals surface area contributed by atoms with E-state index in [1.165, 1.54) is 11.0 Å². The second kappa shape index (κ2) is 12.5. The molecule has 39 heavy (non-hydrogen) atoms. The number of Topliss-reactive ketones (excluding diaryl/α,β-unsaturated/α-hetero) is 1. The molecule has 1 atom stereocenters. The maximum atomic E-state index is 13.5. The predicted molar refractivity (Wildman–Crippen MR) is 147 cm³/mol. The second-order valence-electron chi connectivity index (χ2n) is 10.3. The van der Waals surface area contributed by atoms with E-state index in [0.717, 1.165) is 13.1 Å². The lowest BCUT2D eigenvalue weighted by molar-refractivity contribution is -0.140. The summed E-state index contributed by atoms with van der Waals surface area (Å²) in [5.74, 6) is -0.430. The number of morpholine rings is 1. The third-order valence-electron chi connectivity index (χ3n) is 6.94. The lowest BCUT2D eigenvalue weighted by Gasteiger charge is -2.31. The zero-order valence-electron chi connectivity index (χ0n) is 23.1. The topological polar surface area (TPSA) is 109 Å². The Balaban J connectivity index is 1.75. The minimum Gasteiger partial charge on any atom is -0.507 e. The van der Waals surface area contributed by atoms with Crippen molar-refractivity contribution in [3.8, 4) is 17.2 Å². The zero-order chi connectivity index (χ0) is 28.1. The number of benzene rings is 2. The Morgan fingerprint density at radius 2 is 1.82 bits per heavy atom. The number of phenols is 1. The number of carbonyl (C=O) groups excluding carboxylic acids is 2. The molecule has 2 N–H and O–H groups in total. The van der Waals surface area contributed by atoms with Gasteiger partial charge in [-0.1, -0.05) is 19.9 Å². The van der Waals surface area contributed by atoms with E-state index >= 15 is 0 Å². The summed E-state index contributed by atoms with van der Waals surface area (Å²) in [6, 6.07) is 9.19. The molecular formula is C30H38N2O7. The van der Waals surface area contributed by atoms with Crippen LogP contribution in [-0.2, 0) is 14.3 Å². The number of carbonyl (C=O) groups is 2. The Labute approximate surface area is 229 Å². The molecule has 9 nitrogen and oxygen atoms in total. The smallest absolute Gasteiger partial charge is 0.295 e. The highest BCUT2D eigenvalue weighted by Crippen LogP contribution is 2.42. The van der Waals surface area contributed by atoms with Crippen LogP contribution in [0.5, 0.6) is 17.2 Å². The highest BCUT2D eigenvalue weighted by Gasteiger charge is 2.46. The van der Waals surface area contributed by atoms with Crippen molar-refractivity contribution >= 4 is 17.4 Å². The first kappa shape index (κ1) is 28.4. The van der Waals surface area contributed by atoms with E-state index in [1.807, 2.05) is 13.0 Å². The lowest BCUT2D eigenvalue weighted by Crippen LogP contribution is -2.42. The van der Waals surface area contributed by atoms with Crippen molar-refractivity contribution in [1.82, 2.24) is 9.80 Å². The minimum atomic E-state index is -0.845. The summed E-state index contributed by atoms with van der Waals surface area (Å²) in [4.78, 5) is 30.5. The number of ketones is 1. The SMILES string of the molecule is CCOc1cc(C2C(=C(O)c3ccc(OCC(C)C)cc3C)C(=O)C(=O)N2CCN2CCOCC2)ccc1O. The quantitative estimate of drug-likeness (QED) is 0.267. The van der Waals surface area contributed by atoms with Gasteiger partial charge in [-0.25, -0.2) is 0 Å². The van der Waals surface area contributed by atoms with Crippen molar-refractivity contribution in [3.63, 3.8) is 0 Å². The molecule has 2 heterocycles. The number of aliphatic hydroxyl groups is 1. The number of nitrogens with zero attached hydrogens (tertiary/aromatic N) is 2. The summed E-state index contributed by atoms with van der Waals surface area (Å²) in [7, 11) is 0. The van der Waals surface area contributed by atoms with Crippen LogP contribution in [-0.4, -0.2) is 84.3 Å². The number of aryl methyl sites for hydroxylation is 1. The third-order valence-corrected chi connectivity index (χ3v) is 6.94. The lowest BCUT2D eigenvalue weighted by atomic mass is 9.93. The minimum absolute atomic E-state index is 0.00839. The van der Waals surface area contributed by atoms with Crippen molar-refractivity contribution in [2.45, 2.75) is 33.7 Å². The predicted octanol–water partition coefficient (Wildman–Crippen LogP) is 3.89. The van der Waals surface area contributed by atoms with Crippen molar-refractivity contribution in [2.24, 2.45) is 5.92 Å². The standard InChI is InChI=1S/C30H38N2O7/c1-5-38-25-17-21(6-9-24(25)33)27-26(28(34)23-8-7-22(16-20(23)4)39-18-19(2)3)29(35)30(36)32(27)11-10-31-12-14-37-15-13-31/h6-9,16-17,19,27,33-34H,5,10-15,18H2,1-4H3. The first-order chi connectivity index (χ1) is 18.7. The van der Waals surface area contributed by atoms with Gasteiger partial charge in [0.25, 0.3) is 11.7 Å². The molecule has 0 radical (unpaired) electrons. The van der Waals surface area contributed by atoms with Crippen LogP contribution in [0.1, 0.15) is 43.5 Å². The number of aliphatic hydroxyl groups excluding tert-OH is 1. The van der Waals surface area contributed by atoms with E-state index in [2.05, 4.69) is 18.7 Å². The molecule has 2 saturated heterocycles. The van der Waals surface area contributed by atoms with Gasteiger partial charge < -0.3 is 29.3 Å². The number of phenolic OH excluding ortho intramolecular Hbond substituents is 1.